The maximum Gasteiger partial charge on any atom is 0.342 e. The summed E-state index contributed by atoms with van der Waals surface area (Å²) in [6.07, 6.45) is 3.53. The van der Waals surface area contributed by atoms with Gasteiger partial charge < -0.3 is 20.5 Å². The van der Waals surface area contributed by atoms with Gasteiger partial charge in [0.05, 0.1) is 11.1 Å². The number of carboxylic acid groups (broad SMARTS) is 1. The molecule has 2 aliphatic carbocycles. The van der Waals surface area contributed by atoms with Crippen LogP contribution in [-0.2, 0) is 6.61 Å². The molecule has 3 fully saturated rings. The highest BCUT2D eigenvalue weighted by Gasteiger charge is 2.60. The number of pyridine rings is 1. The average Bonchev–Trinajstić information content (AvgIpc) is 3.53. The predicted molar refractivity (Wildman–Crippen MR) is 118 cm³/mol. The summed E-state index contributed by atoms with van der Waals surface area (Å²) in [6.45, 7) is 2.38. The van der Waals surface area contributed by atoms with Gasteiger partial charge in [-0.25, -0.2) is 9.18 Å². The summed E-state index contributed by atoms with van der Waals surface area (Å²) in [4.78, 5) is 27.3. The minimum atomic E-state index is -1.30. The smallest absolute Gasteiger partial charge is 0.342 e. The number of nitrogens with two attached hydrogens (primary N) is 1. The fraction of sp³-hybridized carbons (Fsp3) is 0.478. The second-order valence-electron chi connectivity index (χ2n) is 9.84. The van der Waals surface area contributed by atoms with Crippen LogP contribution in [0.3, 0.4) is 0 Å². The van der Waals surface area contributed by atoms with Crippen molar-refractivity contribution < 1.29 is 19.0 Å². The van der Waals surface area contributed by atoms with E-state index in [0.29, 0.717) is 46.1 Å². The average molecular weight is 456 g/mol. The Balaban J connectivity index is 1.46. The summed E-state index contributed by atoms with van der Waals surface area (Å²) < 4.78 is 23.4. The van der Waals surface area contributed by atoms with Gasteiger partial charge in [0.2, 0.25) is 5.43 Å². The molecule has 166 valence electrons. The molecule has 0 spiro atoms. The monoisotopic (exact) mass is 455 g/mol. The minimum Gasteiger partial charge on any atom is -0.483 e. The zero-order valence-electron chi connectivity index (χ0n) is 17.3. The number of hydrogen-bond acceptors (Lipinski definition) is 6. The van der Waals surface area contributed by atoms with Crippen molar-refractivity contribution in [3.63, 3.8) is 0 Å². The zero-order chi connectivity index (χ0) is 21.9. The van der Waals surface area contributed by atoms with Gasteiger partial charge in [0.15, 0.2) is 11.6 Å². The van der Waals surface area contributed by atoms with Crippen LogP contribution in [0.5, 0.6) is 5.75 Å². The van der Waals surface area contributed by atoms with E-state index in [0.717, 1.165) is 25.2 Å². The van der Waals surface area contributed by atoms with Gasteiger partial charge in [-0.3, -0.25) is 9.20 Å². The topological polar surface area (TPSA) is 97.3 Å². The number of ether oxygens (including phenoxy) is 1. The van der Waals surface area contributed by atoms with Crippen molar-refractivity contribution in [1.29, 1.82) is 0 Å². The van der Waals surface area contributed by atoms with Crippen molar-refractivity contribution in [2.75, 3.05) is 24.5 Å². The van der Waals surface area contributed by atoms with Crippen molar-refractivity contribution in [2.45, 2.75) is 25.9 Å². The van der Waals surface area contributed by atoms with E-state index in [1.165, 1.54) is 30.2 Å². The normalized spacial score (nSPS) is 29.9. The number of carbonyl (C=O) groups is 1. The van der Waals surface area contributed by atoms with Crippen LogP contribution in [0, 0.1) is 29.0 Å². The van der Waals surface area contributed by atoms with Gasteiger partial charge in [-0.05, 0) is 55.0 Å². The van der Waals surface area contributed by atoms with E-state index in [9.17, 15) is 14.7 Å². The Morgan fingerprint density at radius 3 is 3.03 bits per heavy atom. The lowest BCUT2D eigenvalue weighted by molar-refractivity contribution is 0.0697. The maximum absolute atomic E-state index is 15.6. The molecule has 7 rings (SSSR count). The molecule has 0 radical (unpaired) electrons. The minimum absolute atomic E-state index is 0.0494. The Morgan fingerprint density at radius 1 is 1.41 bits per heavy atom. The third-order valence-electron chi connectivity index (χ3n) is 8.63. The molecule has 4 atom stereocenters. The van der Waals surface area contributed by atoms with Gasteiger partial charge >= 0.3 is 5.97 Å². The van der Waals surface area contributed by atoms with Crippen molar-refractivity contribution in [3.05, 3.63) is 38.7 Å². The Kier molecular flexibility index (Phi) is 3.55. The number of fused-ring (bicyclic) bond motifs is 5. The van der Waals surface area contributed by atoms with E-state index in [1.54, 1.807) is 9.78 Å². The summed E-state index contributed by atoms with van der Waals surface area (Å²) in [5, 5.41) is 11.5. The van der Waals surface area contributed by atoms with Crippen LogP contribution in [0.4, 0.5) is 10.1 Å². The number of anilines is 1. The van der Waals surface area contributed by atoms with Crippen LogP contribution < -0.4 is 20.8 Å². The first-order valence-corrected chi connectivity index (χ1v) is 11.9. The lowest BCUT2D eigenvalue weighted by atomic mass is 9.72. The molecule has 2 saturated carbocycles. The third-order valence-corrected chi connectivity index (χ3v) is 9.63. The lowest BCUT2D eigenvalue weighted by Crippen LogP contribution is -2.37. The van der Waals surface area contributed by atoms with E-state index in [-0.39, 0.29) is 23.0 Å². The first kappa shape index (κ1) is 18.9. The van der Waals surface area contributed by atoms with Gasteiger partial charge in [0, 0.05) is 18.5 Å². The van der Waals surface area contributed by atoms with Crippen LogP contribution in [-0.4, -0.2) is 35.1 Å². The first-order valence-electron chi connectivity index (χ1n) is 11.1. The second-order valence-corrected chi connectivity index (χ2v) is 10.7. The van der Waals surface area contributed by atoms with Gasteiger partial charge in [0.1, 0.15) is 28.2 Å². The molecule has 2 aliphatic heterocycles. The highest BCUT2D eigenvalue weighted by atomic mass is 32.1. The van der Waals surface area contributed by atoms with E-state index >= 15 is 4.39 Å². The molecular formula is C23H22FN3O4S. The van der Waals surface area contributed by atoms with Crippen LogP contribution in [0.25, 0.3) is 15.7 Å². The Morgan fingerprint density at radius 2 is 2.25 bits per heavy atom. The molecule has 7 nitrogen and oxygen atoms in total. The number of hydrogen-bond donors (Lipinski definition) is 2. The van der Waals surface area contributed by atoms with Gasteiger partial charge in [-0.2, -0.15) is 0 Å². The van der Waals surface area contributed by atoms with Crippen molar-refractivity contribution in [1.82, 2.24) is 4.40 Å². The largest absolute Gasteiger partial charge is 0.483 e. The molecule has 3 aromatic rings. The molecule has 2 aromatic heterocycles. The molecule has 4 heterocycles. The quantitative estimate of drug-likeness (QED) is 0.630. The number of carboxylic acids is 1. The predicted octanol–water partition coefficient (Wildman–Crippen LogP) is 3.06. The van der Waals surface area contributed by atoms with Crippen LogP contribution in [0.2, 0.25) is 0 Å². The molecular weight excluding hydrogens is 433 g/mol. The number of rotatable bonds is 3. The van der Waals surface area contributed by atoms with Gasteiger partial charge in [-0.1, -0.05) is 0 Å². The van der Waals surface area contributed by atoms with E-state index in [4.69, 9.17) is 10.5 Å². The number of benzene rings is 1. The number of aromatic nitrogens is 1. The Labute approximate surface area is 186 Å². The molecule has 0 amide bonds. The Bertz CT molecular complexity index is 1410. The van der Waals surface area contributed by atoms with Crippen molar-refractivity contribution >= 4 is 38.7 Å². The first-order chi connectivity index (χ1) is 15.4. The molecule has 3 N–H and O–H groups in total. The van der Waals surface area contributed by atoms with Crippen LogP contribution >= 0.6 is 11.3 Å². The molecule has 4 unspecified atom stereocenters. The molecule has 1 aromatic carbocycles. The number of aromatic carboxylic acids is 1. The molecule has 2 bridgehead atoms. The number of nitrogens with zero attached hydrogens (tertiary/aromatic N) is 2. The van der Waals surface area contributed by atoms with Crippen molar-refractivity contribution in [2.24, 2.45) is 28.9 Å². The third kappa shape index (κ3) is 2.09. The summed E-state index contributed by atoms with van der Waals surface area (Å²) in [7, 11) is 0. The summed E-state index contributed by atoms with van der Waals surface area (Å²) >= 11 is 1.20. The number of halogens is 1. The molecule has 32 heavy (non-hydrogen) atoms. The zero-order valence-corrected chi connectivity index (χ0v) is 18.1. The summed E-state index contributed by atoms with van der Waals surface area (Å²) in [5.41, 5.74) is 7.03. The van der Waals surface area contributed by atoms with Crippen LogP contribution in [0.1, 0.15) is 35.3 Å². The fourth-order valence-corrected chi connectivity index (χ4v) is 8.28. The molecule has 9 heteroatoms. The SMILES string of the molecule is NCC12CCC(C1)C1CN(c3c(F)cc4c(=O)c(C(=O)O)c5scc6n5c4c3OC6)CC12. The van der Waals surface area contributed by atoms with Gasteiger partial charge in [-0.15, -0.1) is 11.3 Å². The van der Waals surface area contributed by atoms with E-state index in [2.05, 4.69) is 4.90 Å². The van der Waals surface area contributed by atoms with E-state index < -0.39 is 17.2 Å². The fourth-order valence-electron chi connectivity index (χ4n) is 7.25. The number of thiazole rings is 1. The summed E-state index contributed by atoms with van der Waals surface area (Å²) in [5.74, 6) is 0.117. The maximum atomic E-state index is 15.6. The van der Waals surface area contributed by atoms with E-state index in [1.807, 2.05) is 0 Å². The molecule has 4 aliphatic rings. The summed E-state index contributed by atoms with van der Waals surface area (Å²) in [6, 6.07) is 1.20. The second kappa shape index (κ2) is 6.02. The highest BCUT2D eigenvalue weighted by Crippen LogP contribution is 2.63. The highest BCUT2D eigenvalue weighted by molar-refractivity contribution is 7.16. The Hall–Kier alpha value is -2.65. The van der Waals surface area contributed by atoms with Crippen LogP contribution in [0.15, 0.2) is 16.2 Å². The lowest BCUT2D eigenvalue weighted by Gasteiger charge is -2.34. The van der Waals surface area contributed by atoms with Gasteiger partial charge in [0.25, 0.3) is 0 Å². The van der Waals surface area contributed by atoms with Crippen molar-refractivity contribution in [3.8, 4) is 5.75 Å². The molecule has 1 saturated heterocycles. The standard InChI is InChI=1S/C23H22FN3O4S/c24-15-3-12-17-20(31-7-11-8-32-21(27(11)17)16(19(12)28)22(29)30)18(15)26-5-13-10-1-2-23(4-10,9-25)14(13)6-26/h3,8,10,13-14H,1-2,4-7,9,25H2,(H,29,30).